The van der Waals surface area contributed by atoms with E-state index in [1.54, 1.807) is 62.4 Å². The highest BCUT2D eigenvalue weighted by atomic mass is 35.5. The van der Waals surface area contributed by atoms with Gasteiger partial charge in [0.05, 0.1) is 10.6 Å². The number of halogens is 1. The Morgan fingerprint density at radius 3 is 2.03 bits per heavy atom. The lowest BCUT2D eigenvalue weighted by molar-refractivity contribution is -0.139. The molecule has 0 radical (unpaired) electrons. The summed E-state index contributed by atoms with van der Waals surface area (Å²) in [5.41, 5.74) is 3.80. The molecule has 0 saturated heterocycles. The molecule has 0 saturated carbocycles. The van der Waals surface area contributed by atoms with Gasteiger partial charge in [0, 0.05) is 18.1 Å². The Bertz CT molecular complexity index is 1370. The number of hydrogen-bond acceptors (Lipinski definition) is 4. The Balaban J connectivity index is 2.06. The molecule has 7 nitrogen and oxygen atoms in total. The van der Waals surface area contributed by atoms with Crippen molar-refractivity contribution in [3.8, 4) is 0 Å². The van der Waals surface area contributed by atoms with Crippen LogP contribution in [0.2, 0.25) is 5.02 Å². The maximum Gasteiger partial charge on any atom is 0.264 e. The fraction of sp³-hybridized carbons (Fsp3) is 0.310. The summed E-state index contributed by atoms with van der Waals surface area (Å²) in [6.45, 7) is 9.09. The molecule has 9 heteroatoms. The first-order valence-corrected chi connectivity index (χ1v) is 14.2. The minimum Gasteiger partial charge on any atom is -0.355 e. The second-order valence-corrected chi connectivity index (χ2v) is 11.7. The molecule has 1 atom stereocenters. The van der Waals surface area contributed by atoms with Gasteiger partial charge in [0.15, 0.2) is 0 Å². The maximum absolute atomic E-state index is 13.9. The van der Waals surface area contributed by atoms with Crippen LogP contribution < -0.4 is 9.62 Å². The minimum atomic E-state index is -4.10. The number of carbonyl (C=O) groups is 2. The zero-order valence-corrected chi connectivity index (χ0v) is 23.9. The first-order chi connectivity index (χ1) is 17.9. The van der Waals surface area contributed by atoms with Crippen LogP contribution in [0, 0.1) is 20.8 Å². The molecule has 38 heavy (non-hydrogen) atoms. The maximum atomic E-state index is 13.9. The minimum absolute atomic E-state index is 0.0797. The largest absolute Gasteiger partial charge is 0.355 e. The molecule has 0 unspecified atom stereocenters. The number of sulfonamides is 1. The van der Waals surface area contributed by atoms with Gasteiger partial charge in [0.2, 0.25) is 11.8 Å². The lowest BCUT2D eigenvalue weighted by atomic mass is 10.1. The highest BCUT2D eigenvalue weighted by Gasteiger charge is 2.32. The number of anilines is 1. The van der Waals surface area contributed by atoms with Gasteiger partial charge in [-0.05, 0) is 87.7 Å². The van der Waals surface area contributed by atoms with E-state index >= 15 is 0 Å². The van der Waals surface area contributed by atoms with Crippen molar-refractivity contribution in [1.29, 1.82) is 0 Å². The van der Waals surface area contributed by atoms with Crippen molar-refractivity contribution in [2.24, 2.45) is 0 Å². The number of nitrogens with zero attached hydrogens (tertiary/aromatic N) is 2. The monoisotopic (exact) mass is 555 g/mol. The summed E-state index contributed by atoms with van der Waals surface area (Å²) in [5.74, 6) is -0.831. The van der Waals surface area contributed by atoms with Gasteiger partial charge in [-0.25, -0.2) is 8.42 Å². The van der Waals surface area contributed by atoms with Crippen LogP contribution in [0.3, 0.4) is 0 Å². The molecule has 0 spiro atoms. The van der Waals surface area contributed by atoms with E-state index in [2.05, 4.69) is 5.32 Å². The third-order valence-electron chi connectivity index (χ3n) is 6.17. The first-order valence-electron chi connectivity index (χ1n) is 12.4. The zero-order valence-electron chi connectivity index (χ0n) is 22.4. The fourth-order valence-electron chi connectivity index (χ4n) is 4.15. The number of likely N-dealkylation sites (N-methyl/N-ethyl adjacent to an activating group) is 1. The number of nitrogens with one attached hydrogen (secondary N) is 1. The second kappa shape index (κ2) is 12.5. The number of benzene rings is 3. The summed E-state index contributed by atoms with van der Waals surface area (Å²) in [6.07, 6.45) is 0. The first kappa shape index (κ1) is 29.2. The average molecular weight is 556 g/mol. The molecule has 3 aromatic carbocycles. The molecule has 2 amide bonds. The molecule has 0 fully saturated rings. The van der Waals surface area contributed by atoms with Crippen LogP contribution in [0.4, 0.5) is 5.69 Å². The van der Waals surface area contributed by atoms with Gasteiger partial charge >= 0.3 is 0 Å². The molecule has 0 aromatic heterocycles. The molecular weight excluding hydrogens is 522 g/mol. The van der Waals surface area contributed by atoms with Crippen molar-refractivity contribution in [2.75, 3.05) is 17.4 Å². The van der Waals surface area contributed by atoms with Crippen molar-refractivity contribution in [1.82, 2.24) is 10.2 Å². The van der Waals surface area contributed by atoms with E-state index in [1.807, 2.05) is 26.8 Å². The summed E-state index contributed by atoms with van der Waals surface area (Å²) in [4.78, 5) is 28.1. The molecule has 202 valence electrons. The van der Waals surface area contributed by atoms with E-state index in [1.165, 1.54) is 17.0 Å². The van der Waals surface area contributed by atoms with Crippen molar-refractivity contribution in [2.45, 2.75) is 52.1 Å². The normalized spacial score (nSPS) is 12.1. The summed E-state index contributed by atoms with van der Waals surface area (Å²) in [5, 5.41) is 3.30. The second-order valence-electron chi connectivity index (χ2n) is 9.39. The average Bonchev–Trinajstić information content (AvgIpc) is 2.86. The number of amides is 2. The van der Waals surface area contributed by atoms with Gasteiger partial charge in [0.1, 0.15) is 12.6 Å². The summed E-state index contributed by atoms with van der Waals surface area (Å²) < 4.78 is 28.9. The molecule has 0 aliphatic rings. The topological polar surface area (TPSA) is 86.8 Å². The van der Waals surface area contributed by atoms with E-state index in [0.717, 1.165) is 26.6 Å². The van der Waals surface area contributed by atoms with Crippen LogP contribution in [0.15, 0.2) is 71.6 Å². The Morgan fingerprint density at radius 2 is 1.47 bits per heavy atom. The van der Waals surface area contributed by atoms with Crippen molar-refractivity contribution >= 4 is 39.1 Å². The number of hydrogen-bond donors (Lipinski definition) is 1. The Kier molecular flexibility index (Phi) is 9.57. The zero-order chi connectivity index (χ0) is 28.0. The lowest BCUT2D eigenvalue weighted by Crippen LogP contribution is -2.51. The van der Waals surface area contributed by atoms with Crippen LogP contribution in [0.5, 0.6) is 0 Å². The molecule has 0 bridgehead atoms. The molecule has 3 rings (SSSR count). The molecule has 0 aliphatic carbocycles. The number of carbonyl (C=O) groups excluding carboxylic acids is 2. The van der Waals surface area contributed by atoms with Gasteiger partial charge in [-0.2, -0.15) is 0 Å². The molecule has 0 heterocycles. The fourth-order valence-corrected chi connectivity index (χ4v) is 5.68. The number of aryl methyl sites for hydroxylation is 3. The van der Waals surface area contributed by atoms with E-state index in [4.69, 9.17) is 11.6 Å². The van der Waals surface area contributed by atoms with E-state index in [9.17, 15) is 18.0 Å². The van der Waals surface area contributed by atoms with Crippen LogP contribution in [0.25, 0.3) is 0 Å². The van der Waals surface area contributed by atoms with Gasteiger partial charge in [0.25, 0.3) is 10.0 Å². The van der Waals surface area contributed by atoms with Gasteiger partial charge in [-0.1, -0.05) is 47.5 Å². The third-order valence-corrected chi connectivity index (χ3v) is 8.21. The van der Waals surface area contributed by atoms with Gasteiger partial charge in [-0.15, -0.1) is 0 Å². The Morgan fingerprint density at radius 1 is 0.895 bits per heavy atom. The van der Waals surface area contributed by atoms with E-state index in [0.29, 0.717) is 17.3 Å². The molecule has 0 aliphatic heterocycles. The SMILES string of the molecule is CCNC(=O)[C@@H](C)N(Cc1ccc(Cl)cc1)C(=O)CN(c1cc(C)cc(C)c1)S(=O)(=O)c1ccc(C)cc1. The lowest BCUT2D eigenvalue weighted by Gasteiger charge is -2.32. The van der Waals surface area contributed by atoms with Gasteiger partial charge < -0.3 is 10.2 Å². The van der Waals surface area contributed by atoms with Crippen molar-refractivity contribution < 1.29 is 18.0 Å². The smallest absolute Gasteiger partial charge is 0.264 e. The van der Waals surface area contributed by atoms with Gasteiger partial charge in [-0.3, -0.25) is 13.9 Å². The van der Waals surface area contributed by atoms with Crippen LogP contribution in [0.1, 0.15) is 36.1 Å². The van der Waals surface area contributed by atoms with Crippen molar-refractivity contribution in [3.05, 3.63) is 94.0 Å². The van der Waals surface area contributed by atoms with Crippen LogP contribution in [-0.4, -0.2) is 44.3 Å². The van der Waals surface area contributed by atoms with Crippen LogP contribution in [-0.2, 0) is 26.2 Å². The summed E-state index contributed by atoms with van der Waals surface area (Å²) in [6, 6.07) is 18.1. The molecule has 1 N–H and O–H groups in total. The predicted octanol–water partition coefficient (Wildman–Crippen LogP) is 5.01. The predicted molar refractivity (Wildman–Crippen MR) is 152 cm³/mol. The standard InChI is InChI=1S/C29H34ClN3O4S/c1-6-31-29(35)23(5)32(18-24-9-11-25(30)12-10-24)28(34)19-33(26-16-21(3)15-22(4)17-26)38(36,37)27-13-7-20(2)8-14-27/h7-17,23H,6,18-19H2,1-5H3,(H,31,35)/t23-/m1/s1. The molecule has 3 aromatic rings. The Hall–Kier alpha value is -3.36. The highest BCUT2D eigenvalue weighted by molar-refractivity contribution is 7.92. The third kappa shape index (κ3) is 7.14. The van der Waals surface area contributed by atoms with E-state index < -0.39 is 28.5 Å². The summed E-state index contributed by atoms with van der Waals surface area (Å²) in [7, 11) is -4.10. The number of rotatable bonds is 10. The van der Waals surface area contributed by atoms with Crippen molar-refractivity contribution in [3.63, 3.8) is 0 Å². The molecular formula is C29H34ClN3O4S. The Labute approximate surface area is 230 Å². The van der Waals surface area contributed by atoms with Crippen LogP contribution >= 0.6 is 11.6 Å². The van der Waals surface area contributed by atoms with E-state index in [-0.39, 0.29) is 17.3 Å². The quantitative estimate of drug-likeness (QED) is 0.381. The highest BCUT2D eigenvalue weighted by Crippen LogP contribution is 2.27. The summed E-state index contributed by atoms with van der Waals surface area (Å²) >= 11 is 6.03.